The third-order valence-corrected chi connectivity index (χ3v) is 3.49. The smallest absolute Gasteiger partial charge is 0.319 e. The number of rotatable bonds is 7. The molecule has 0 saturated carbocycles. The number of anilines is 4. The summed E-state index contributed by atoms with van der Waals surface area (Å²) in [7, 11) is 0. The van der Waals surface area contributed by atoms with Gasteiger partial charge in [0.25, 0.3) is 0 Å². The first-order valence-electron chi connectivity index (χ1n) is 8.35. The van der Waals surface area contributed by atoms with Gasteiger partial charge >= 0.3 is 6.03 Å². The Balaban J connectivity index is 1.40. The second kappa shape index (κ2) is 9.21. The second-order valence-electron chi connectivity index (χ2n) is 5.60. The van der Waals surface area contributed by atoms with E-state index in [0.717, 1.165) is 23.9 Å². The molecule has 0 aliphatic rings. The molecule has 0 aliphatic carbocycles. The molecule has 2 heterocycles. The van der Waals surface area contributed by atoms with Crippen LogP contribution in [0.25, 0.3) is 0 Å². The second-order valence-corrected chi connectivity index (χ2v) is 5.60. The highest BCUT2D eigenvalue weighted by Gasteiger charge is 2.07. The summed E-state index contributed by atoms with van der Waals surface area (Å²) in [6.45, 7) is 0.600. The fourth-order valence-electron chi connectivity index (χ4n) is 2.20. The summed E-state index contributed by atoms with van der Waals surface area (Å²) in [5, 5.41) is 18.9. The van der Waals surface area contributed by atoms with Crippen molar-refractivity contribution in [1.29, 1.82) is 0 Å². The van der Waals surface area contributed by atoms with Gasteiger partial charge in [-0.2, -0.15) is 0 Å². The Hall–Kier alpha value is -3.82. The quantitative estimate of drug-likeness (QED) is 0.466. The average Bonchev–Trinajstić information content (AvgIpc) is 2.70. The van der Waals surface area contributed by atoms with Gasteiger partial charge in [0.05, 0.1) is 17.6 Å². The molecule has 2 amide bonds. The van der Waals surface area contributed by atoms with Crippen molar-refractivity contribution < 1.29 is 13.6 Å². The van der Waals surface area contributed by atoms with E-state index in [0.29, 0.717) is 18.2 Å². The van der Waals surface area contributed by atoms with Crippen molar-refractivity contribution in [2.24, 2.45) is 0 Å². The Bertz CT molecular complexity index is 923. The molecule has 0 aliphatic heterocycles. The van der Waals surface area contributed by atoms with Gasteiger partial charge < -0.3 is 21.3 Å². The molecule has 10 heteroatoms. The van der Waals surface area contributed by atoms with Gasteiger partial charge in [0.2, 0.25) is 0 Å². The summed E-state index contributed by atoms with van der Waals surface area (Å²) >= 11 is 0. The number of nitrogens with one attached hydrogen (secondary N) is 4. The number of halogens is 2. The number of carbonyl (C=O) groups is 1. The fraction of sp³-hybridized carbons (Fsp3) is 0.111. The Morgan fingerprint density at radius 1 is 1.00 bits per heavy atom. The lowest BCUT2D eigenvalue weighted by atomic mass is 10.3. The Morgan fingerprint density at radius 3 is 2.57 bits per heavy atom. The maximum Gasteiger partial charge on any atom is 0.319 e. The number of hydrogen-bond acceptors (Lipinski definition) is 6. The van der Waals surface area contributed by atoms with Gasteiger partial charge in [-0.25, -0.2) is 13.6 Å². The number of amides is 2. The predicted molar refractivity (Wildman–Crippen MR) is 101 cm³/mol. The monoisotopic (exact) mass is 385 g/mol. The highest BCUT2D eigenvalue weighted by Crippen LogP contribution is 2.15. The van der Waals surface area contributed by atoms with E-state index in [1.807, 2.05) is 6.07 Å². The molecule has 0 fully saturated rings. The number of nitrogens with zero attached hydrogens (tertiary/aromatic N) is 3. The Morgan fingerprint density at radius 2 is 1.82 bits per heavy atom. The van der Waals surface area contributed by atoms with Crippen LogP contribution in [0.1, 0.15) is 0 Å². The van der Waals surface area contributed by atoms with Gasteiger partial charge in [-0.3, -0.25) is 4.98 Å². The molecule has 3 aromatic rings. The largest absolute Gasteiger partial charge is 0.367 e. The zero-order valence-electron chi connectivity index (χ0n) is 14.6. The van der Waals surface area contributed by atoms with Crippen LogP contribution in [0.3, 0.4) is 0 Å². The molecule has 0 bridgehead atoms. The molecular formula is C18H17F2N7O. The normalized spacial score (nSPS) is 10.2. The third-order valence-electron chi connectivity index (χ3n) is 3.49. The molecule has 1 aromatic carbocycles. The summed E-state index contributed by atoms with van der Waals surface area (Å²) in [6, 6.07) is 9.31. The van der Waals surface area contributed by atoms with Gasteiger partial charge in [-0.05, 0) is 36.4 Å². The van der Waals surface area contributed by atoms with Crippen molar-refractivity contribution in [3.63, 3.8) is 0 Å². The van der Waals surface area contributed by atoms with Crippen molar-refractivity contribution in [2.75, 3.05) is 29.0 Å². The van der Waals surface area contributed by atoms with Crippen LogP contribution in [0.2, 0.25) is 0 Å². The van der Waals surface area contributed by atoms with E-state index in [-0.39, 0.29) is 12.2 Å². The highest BCUT2D eigenvalue weighted by atomic mass is 19.1. The van der Waals surface area contributed by atoms with Crippen LogP contribution in [-0.2, 0) is 0 Å². The molecule has 0 unspecified atom stereocenters. The summed E-state index contributed by atoms with van der Waals surface area (Å²) in [4.78, 5) is 15.7. The van der Waals surface area contributed by atoms with Crippen molar-refractivity contribution in [3.8, 4) is 0 Å². The first kappa shape index (κ1) is 19.0. The molecule has 0 spiro atoms. The SMILES string of the molecule is O=C(NCCNc1ccc(Nc2cccnc2)nn1)Nc1cc(F)ccc1F. The van der Waals surface area contributed by atoms with E-state index < -0.39 is 17.7 Å². The third kappa shape index (κ3) is 5.59. The molecule has 2 aromatic heterocycles. The number of carbonyl (C=O) groups excluding carboxylic acids is 1. The van der Waals surface area contributed by atoms with E-state index in [1.54, 1.807) is 30.6 Å². The van der Waals surface area contributed by atoms with E-state index in [9.17, 15) is 13.6 Å². The van der Waals surface area contributed by atoms with Gasteiger partial charge in [-0.15, -0.1) is 10.2 Å². The molecule has 3 rings (SSSR count). The number of benzene rings is 1. The van der Waals surface area contributed by atoms with E-state index in [4.69, 9.17) is 0 Å². The van der Waals surface area contributed by atoms with Crippen LogP contribution in [0, 0.1) is 11.6 Å². The van der Waals surface area contributed by atoms with E-state index >= 15 is 0 Å². The van der Waals surface area contributed by atoms with Crippen molar-refractivity contribution >= 4 is 29.0 Å². The first-order valence-corrected chi connectivity index (χ1v) is 8.35. The predicted octanol–water partition coefficient (Wildman–Crippen LogP) is 3.13. The minimum atomic E-state index is -0.718. The molecule has 28 heavy (non-hydrogen) atoms. The van der Waals surface area contributed by atoms with Crippen molar-refractivity contribution in [2.45, 2.75) is 0 Å². The fourth-order valence-corrected chi connectivity index (χ4v) is 2.20. The topological polar surface area (TPSA) is 104 Å². The number of hydrogen-bond donors (Lipinski definition) is 4. The van der Waals surface area contributed by atoms with Gasteiger partial charge in [0.1, 0.15) is 17.5 Å². The van der Waals surface area contributed by atoms with Crippen molar-refractivity contribution in [1.82, 2.24) is 20.5 Å². The molecule has 8 nitrogen and oxygen atoms in total. The number of pyridine rings is 1. The van der Waals surface area contributed by atoms with E-state index in [2.05, 4.69) is 36.4 Å². The van der Waals surface area contributed by atoms with E-state index in [1.165, 1.54) is 0 Å². The minimum absolute atomic E-state index is 0.229. The molecule has 4 N–H and O–H groups in total. The minimum Gasteiger partial charge on any atom is -0.367 e. The maximum absolute atomic E-state index is 13.5. The molecule has 0 saturated heterocycles. The summed E-state index contributed by atoms with van der Waals surface area (Å²) in [5.41, 5.74) is 0.565. The van der Waals surface area contributed by atoms with Crippen LogP contribution in [0.4, 0.5) is 36.6 Å². The standard InChI is InChI=1S/C18H17F2N7O/c19-12-3-4-14(20)15(10-12)25-18(28)23-9-8-22-16-5-6-17(27-26-16)24-13-2-1-7-21-11-13/h1-7,10-11H,8-9H2,(H,22,26)(H,24,27)(H2,23,25,28). The summed E-state index contributed by atoms with van der Waals surface area (Å²) in [6.07, 6.45) is 3.34. The highest BCUT2D eigenvalue weighted by molar-refractivity contribution is 5.89. The Kier molecular flexibility index (Phi) is 6.24. The summed E-state index contributed by atoms with van der Waals surface area (Å²) < 4.78 is 26.5. The average molecular weight is 385 g/mol. The molecule has 0 atom stereocenters. The van der Waals surface area contributed by atoms with Crippen LogP contribution in [0.5, 0.6) is 0 Å². The lowest BCUT2D eigenvalue weighted by Gasteiger charge is -2.10. The number of aromatic nitrogens is 3. The zero-order chi connectivity index (χ0) is 19.8. The van der Waals surface area contributed by atoms with Crippen LogP contribution in [0.15, 0.2) is 54.9 Å². The van der Waals surface area contributed by atoms with Gasteiger partial charge in [-0.1, -0.05) is 0 Å². The lowest BCUT2D eigenvalue weighted by molar-refractivity contribution is 0.252. The molecule has 0 radical (unpaired) electrons. The van der Waals surface area contributed by atoms with Gasteiger partial charge in [0.15, 0.2) is 5.82 Å². The van der Waals surface area contributed by atoms with Crippen LogP contribution >= 0.6 is 0 Å². The zero-order valence-corrected chi connectivity index (χ0v) is 14.6. The maximum atomic E-state index is 13.5. The molecular weight excluding hydrogens is 368 g/mol. The lowest BCUT2D eigenvalue weighted by Crippen LogP contribution is -2.33. The number of urea groups is 1. The molecule has 144 valence electrons. The summed E-state index contributed by atoms with van der Waals surface area (Å²) in [5.74, 6) is -0.272. The first-order chi connectivity index (χ1) is 13.6. The van der Waals surface area contributed by atoms with Crippen molar-refractivity contribution in [3.05, 3.63) is 66.5 Å². The van der Waals surface area contributed by atoms with Crippen LogP contribution in [-0.4, -0.2) is 34.3 Å². The Labute approximate surface area is 159 Å². The van der Waals surface area contributed by atoms with Gasteiger partial charge in [0, 0.05) is 25.4 Å². The van der Waals surface area contributed by atoms with Crippen LogP contribution < -0.4 is 21.3 Å².